The average Bonchev–Trinajstić information content (AvgIpc) is 2.78. The van der Waals surface area contributed by atoms with Gasteiger partial charge >= 0.3 is 5.97 Å². The highest BCUT2D eigenvalue weighted by Crippen LogP contribution is 2.27. The molecule has 0 atom stereocenters. The van der Waals surface area contributed by atoms with Crippen LogP contribution in [0.15, 0.2) is 34.7 Å². The largest absolute Gasteiger partial charge is 0.478 e. The van der Waals surface area contributed by atoms with Crippen LogP contribution in [0.25, 0.3) is 0 Å². The number of hydrogen-bond donors (Lipinski definition) is 2. The predicted octanol–water partition coefficient (Wildman–Crippen LogP) is 3.54. The van der Waals surface area contributed by atoms with Crippen molar-refractivity contribution in [1.29, 1.82) is 0 Å². The number of hydrogen-bond acceptors (Lipinski definition) is 3. The monoisotopic (exact) mass is 299 g/mol. The first kappa shape index (κ1) is 13.5. The van der Waals surface area contributed by atoms with Crippen molar-refractivity contribution in [3.8, 4) is 0 Å². The van der Waals surface area contributed by atoms with E-state index in [-0.39, 0.29) is 27.3 Å². The van der Waals surface area contributed by atoms with Crippen molar-refractivity contribution in [1.82, 2.24) is 0 Å². The van der Waals surface area contributed by atoms with Gasteiger partial charge in [0.1, 0.15) is 0 Å². The number of para-hydroxylation sites is 1. The number of rotatable bonds is 3. The Hall–Kier alpha value is -1.98. The Kier molecular flexibility index (Phi) is 3.78. The van der Waals surface area contributed by atoms with Gasteiger partial charge in [0.05, 0.1) is 16.3 Å². The summed E-state index contributed by atoms with van der Waals surface area (Å²) in [7, 11) is 0. The van der Waals surface area contributed by atoms with Gasteiger partial charge in [-0.2, -0.15) is 0 Å². The van der Waals surface area contributed by atoms with E-state index >= 15 is 0 Å². The number of carboxylic acids is 1. The van der Waals surface area contributed by atoms with Gasteiger partial charge in [-0.3, -0.25) is 4.79 Å². The van der Waals surface area contributed by atoms with Crippen molar-refractivity contribution in [2.45, 2.75) is 0 Å². The molecule has 2 rings (SSSR count). The molecule has 0 fully saturated rings. The summed E-state index contributed by atoms with van der Waals surface area (Å²) in [5, 5.41) is 11.6. The summed E-state index contributed by atoms with van der Waals surface area (Å²) in [6.07, 6.45) is 0. The molecule has 1 aromatic heterocycles. The van der Waals surface area contributed by atoms with Gasteiger partial charge in [0.2, 0.25) is 0 Å². The third-order valence-electron chi connectivity index (χ3n) is 2.28. The smallest absolute Gasteiger partial charge is 0.337 e. The number of carbonyl (C=O) groups excluding carboxylic acids is 1. The van der Waals surface area contributed by atoms with Crippen molar-refractivity contribution in [2.24, 2.45) is 0 Å². The minimum Gasteiger partial charge on any atom is -0.478 e. The molecule has 0 aliphatic heterocycles. The van der Waals surface area contributed by atoms with Gasteiger partial charge in [-0.25, -0.2) is 4.79 Å². The van der Waals surface area contributed by atoms with Crippen LogP contribution in [0.2, 0.25) is 10.2 Å². The molecule has 1 heterocycles. The van der Waals surface area contributed by atoms with Crippen LogP contribution in [-0.4, -0.2) is 17.0 Å². The summed E-state index contributed by atoms with van der Waals surface area (Å²) in [5.41, 5.74) is -0.104. The standard InChI is InChI=1S/C12H7Cl2NO4/c13-7-3-1-2-6(12(17)18)10(7)15-11(16)8-4-5-9(14)19-8/h1-5H,(H,15,16)(H,17,18). The lowest BCUT2D eigenvalue weighted by Crippen LogP contribution is -2.14. The number of halogens is 2. The van der Waals surface area contributed by atoms with E-state index in [1.54, 1.807) is 0 Å². The van der Waals surface area contributed by atoms with Crippen molar-refractivity contribution < 1.29 is 19.1 Å². The van der Waals surface area contributed by atoms with E-state index in [2.05, 4.69) is 5.32 Å². The fraction of sp³-hybridized carbons (Fsp3) is 0. The molecule has 1 aromatic carbocycles. The Morgan fingerprint density at radius 1 is 1.16 bits per heavy atom. The van der Waals surface area contributed by atoms with E-state index in [1.807, 2.05) is 0 Å². The summed E-state index contributed by atoms with van der Waals surface area (Å²) in [5.74, 6) is -1.88. The number of carboxylic acid groups (broad SMARTS) is 1. The minimum absolute atomic E-state index is 0.00851. The lowest BCUT2D eigenvalue weighted by molar-refractivity contribution is 0.0698. The molecular weight excluding hydrogens is 293 g/mol. The number of anilines is 1. The zero-order valence-electron chi connectivity index (χ0n) is 9.31. The number of amides is 1. The summed E-state index contributed by atoms with van der Waals surface area (Å²) in [4.78, 5) is 22.9. The van der Waals surface area contributed by atoms with Gasteiger partial charge in [-0.1, -0.05) is 17.7 Å². The number of carbonyl (C=O) groups is 2. The van der Waals surface area contributed by atoms with Gasteiger partial charge in [0, 0.05) is 0 Å². The lowest BCUT2D eigenvalue weighted by Gasteiger charge is -2.08. The maximum Gasteiger partial charge on any atom is 0.337 e. The van der Waals surface area contributed by atoms with E-state index in [1.165, 1.54) is 30.3 Å². The van der Waals surface area contributed by atoms with Crippen LogP contribution in [0.1, 0.15) is 20.9 Å². The molecular formula is C12H7Cl2NO4. The number of furan rings is 1. The molecule has 0 unspecified atom stereocenters. The van der Waals surface area contributed by atoms with Crippen molar-refractivity contribution >= 4 is 40.8 Å². The van der Waals surface area contributed by atoms with Gasteiger partial charge in [-0.15, -0.1) is 0 Å². The second kappa shape index (κ2) is 5.34. The molecule has 0 aliphatic rings. The van der Waals surface area contributed by atoms with Crippen LogP contribution >= 0.6 is 23.2 Å². The molecule has 0 aliphatic carbocycles. The SMILES string of the molecule is O=C(Nc1c(Cl)cccc1C(=O)O)c1ccc(Cl)o1. The highest BCUT2D eigenvalue weighted by molar-refractivity contribution is 6.35. The van der Waals surface area contributed by atoms with Crippen LogP contribution in [0.5, 0.6) is 0 Å². The molecule has 7 heteroatoms. The molecule has 19 heavy (non-hydrogen) atoms. The Labute approximate surface area is 117 Å². The van der Waals surface area contributed by atoms with Crippen LogP contribution < -0.4 is 5.32 Å². The van der Waals surface area contributed by atoms with Crippen molar-refractivity contribution in [3.05, 3.63) is 51.9 Å². The number of benzene rings is 1. The van der Waals surface area contributed by atoms with E-state index in [0.717, 1.165) is 0 Å². The second-order valence-corrected chi connectivity index (χ2v) is 4.31. The fourth-order valence-corrected chi connectivity index (χ4v) is 1.81. The van der Waals surface area contributed by atoms with Gasteiger partial charge in [0.25, 0.3) is 5.91 Å². The quantitative estimate of drug-likeness (QED) is 0.908. The molecule has 0 radical (unpaired) electrons. The summed E-state index contributed by atoms with van der Waals surface area (Å²) in [6, 6.07) is 7.05. The molecule has 0 spiro atoms. The maximum atomic E-state index is 11.8. The van der Waals surface area contributed by atoms with Crippen LogP contribution in [0, 0.1) is 0 Å². The first-order valence-corrected chi connectivity index (χ1v) is 5.83. The lowest BCUT2D eigenvalue weighted by atomic mass is 10.1. The summed E-state index contributed by atoms with van der Waals surface area (Å²) < 4.78 is 4.92. The summed E-state index contributed by atoms with van der Waals surface area (Å²) in [6.45, 7) is 0. The first-order valence-electron chi connectivity index (χ1n) is 5.07. The van der Waals surface area contributed by atoms with Crippen LogP contribution in [-0.2, 0) is 0 Å². The van der Waals surface area contributed by atoms with Gasteiger partial charge in [-0.05, 0) is 35.9 Å². The Morgan fingerprint density at radius 2 is 1.89 bits per heavy atom. The molecule has 0 bridgehead atoms. The Balaban J connectivity index is 2.33. The van der Waals surface area contributed by atoms with Crippen molar-refractivity contribution in [2.75, 3.05) is 5.32 Å². The number of nitrogens with one attached hydrogen (secondary N) is 1. The van der Waals surface area contributed by atoms with E-state index < -0.39 is 11.9 Å². The zero-order chi connectivity index (χ0) is 14.0. The highest BCUT2D eigenvalue weighted by atomic mass is 35.5. The molecule has 1 amide bonds. The predicted molar refractivity (Wildman–Crippen MR) is 70.1 cm³/mol. The molecule has 98 valence electrons. The van der Waals surface area contributed by atoms with E-state index in [0.29, 0.717) is 0 Å². The minimum atomic E-state index is -1.20. The van der Waals surface area contributed by atoms with Crippen LogP contribution in [0.3, 0.4) is 0 Å². The van der Waals surface area contributed by atoms with E-state index in [4.69, 9.17) is 32.7 Å². The topological polar surface area (TPSA) is 79.5 Å². The molecule has 0 saturated heterocycles. The average molecular weight is 300 g/mol. The third kappa shape index (κ3) is 2.89. The molecule has 2 N–H and O–H groups in total. The third-order valence-corrected chi connectivity index (χ3v) is 2.80. The highest BCUT2D eigenvalue weighted by Gasteiger charge is 2.18. The first-order chi connectivity index (χ1) is 8.99. The molecule has 0 saturated carbocycles. The Morgan fingerprint density at radius 3 is 2.47 bits per heavy atom. The molecule has 5 nitrogen and oxygen atoms in total. The zero-order valence-corrected chi connectivity index (χ0v) is 10.8. The second-order valence-electron chi connectivity index (χ2n) is 3.53. The van der Waals surface area contributed by atoms with Crippen molar-refractivity contribution in [3.63, 3.8) is 0 Å². The molecule has 2 aromatic rings. The maximum absolute atomic E-state index is 11.8. The Bertz CT molecular complexity index is 651. The van der Waals surface area contributed by atoms with Crippen LogP contribution in [0.4, 0.5) is 5.69 Å². The fourth-order valence-electron chi connectivity index (χ4n) is 1.44. The van der Waals surface area contributed by atoms with E-state index in [9.17, 15) is 9.59 Å². The van der Waals surface area contributed by atoms with Gasteiger partial charge < -0.3 is 14.8 Å². The number of aromatic carboxylic acids is 1. The normalized spacial score (nSPS) is 10.2. The van der Waals surface area contributed by atoms with Gasteiger partial charge in [0.15, 0.2) is 11.0 Å². The summed E-state index contributed by atoms with van der Waals surface area (Å²) >= 11 is 11.4.